The second-order valence-corrected chi connectivity index (χ2v) is 13.0. The summed E-state index contributed by atoms with van der Waals surface area (Å²) in [5, 5.41) is 3.15. The molecule has 1 saturated carbocycles. The largest absolute Gasteiger partial charge is 0.353 e. The normalized spacial score (nSPS) is 24.4. The Morgan fingerprint density at radius 3 is 2.28 bits per heavy atom. The van der Waals surface area contributed by atoms with Crippen molar-refractivity contribution >= 4 is 33.2 Å². The van der Waals surface area contributed by atoms with Gasteiger partial charge in [0.2, 0.25) is 11.8 Å². The van der Waals surface area contributed by atoms with E-state index in [-0.39, 0.29) is 30.3 Å². The topological polar surface area (TPSA) is 86.8 Å². The number of nitrogens with one attached hydrogen (secondary N) is 1. The summed E-state index contributed by atoms with van der Waals surface area (Å²) in [6.45, 7) is 3.99. The lowest BCUT2D eigenvalue weighted by Gasteiger charge is -2.36. The molecule has 1 N–H and O–H groups in total. The van der Waals surface area contributed by atoms with Gasteiger partial charge in [0, 0.05) is 43.0 Å². The number of piperidine rings is 2. The van der Waals surface area contributed by atoms with Crippen LogP contribution in [0.2, 0.25) is 0 Å². The van der Waals surface area contributed by atoms with Gasteiger partial charge in [-0.1, -0.05) is 19.3 Å². The average molecular weight is 482 g/mol. The summed E-state index contributed by atoms with van der Waals surface area (Å²) < 4.78 is 27.7. The van der Waals surface area contributed by atoms with Crippen molar-refractivity contribution in [3.8, 4) is 0 Å². The number of sulfonamides is 1. The number of thiophene rings is 1. The van der Waals surface area contributed by atoms with Crippen molar-refractivity contribution in [2.24, 2.45) is 11.8 Å². The summed E-state index contributed by atoms with van der Waals surface area (Å²) in [7, 11) is -3.54. The van der Waals surface area contributed by atoms with Gasteiger partial charge in [-0.3, -0.25) is 9.59 Å². The zero-order valence-corrected chi connectivity index (χ0v) is 20.6. The SMILES string of the molecule is Cc1ccc(S(=O)(=O)N2CCCC(C(=O)NC3CCN(C(=O)C4CCCCC4)CC3)C2)s1. The first-order valence-corrected chi connectivity index (χ1v) is 14.3. The first-order chi connectivity index (χ1) is 15.3. The minimum Gasteiger partial charge on any atom is -0.353 e. The van der Waals surface area contributed by atoms with Crippen LogP contribution >= 0.6 is 11.3 Å². The predicted octanol–water partition coefficient (Wildman–Crippen LogP) is 3.14. The quantitative estimate of drug-likeness (QED) is 0.700. The Labute approximate surface area is 195 Å². The van der Waals surface area contributed by atoms with E-state index in [1.54, 1.807) is 6.07 Å². The predicted molar refractivity (Wildman–Crippen MR) is 125 cm³/mol. The lowest BCUT2D eigenvalue weighted by atomic mass is 9.87. The van der Waals surface area contributed by atoms with E-state index in [0.29, 0.717) is 42.6 Å². The Balaban J connectivity index is 1.27. The van der Waals surface area contributed by atoms with Crippen molar-refractivity contribution in [3.63, 3.8) is 0 Å². The van der Waals surface area contributed by atoms with Crippen molar-refractivity contribution in [2.45, 2.75) is 75.0 Å². The number of hydrogen-bond acceptors (Lipinski definition) is 5. The van der Waals surface area contributed by atoms with Crippen LogP contribution in [0.4, 0.5) is 0 Å². The number of carbonyl (C=O) groups is 2. The first kappa shape index (κ1) is 23.7. The third-order valence-corrected chi connectivity index (χ3v) is 10.5. The maximum absolute atomic E-state index is 13.0. The molecule has 3 fully saturated rings. The van der Waals surface area contributed by atoms with Crippen molar-refractivity contribution in [2.75, 3.05) is 26.2 Å². The maximum Gasteiger partial charge on any atom is 0.252 e. The van der Waals surface area contributed by atoms with Gasteiger partial charge < -0.3 is 10.2 Å². The van der Waals surface area contributed by atoms with Crippen LogP contribution in [0.15, 0.2) is 16.3 Å². The van der Waals surface area contributed by atoms with Gasteiger partial charge in [-0.2, -0.15) is 4.31 Å². The van der Waals surface area contributed by atoms with Crippen molar-refractivity contribution < 1.29 is 18.0 Å². The molecule has 0 aromatic carbocycles. The molecule has 178 valence electrons. The molecule has 0 bridgehead atoms. The Morgan fingerprint density at radius 2 is 1.62 bits per heavy atom. The number of nitrogens with zero attached hydrogens (tertiary/aromatic N) is 2. The second-order valence-electron chi connectivity index (χ2n) is 9.51. The van der Waals surface area contributed by atoms with E-state index in [2.05, 4.69) is 5.32 Å². The maximum atomic E-state index is 13.0. The third-order valence-electron chi connectivity index (χ3n) is 7.17. The molecule has 2 aliphatic heterocycles. The molecule has 2 amide bonds. The molecule has 1 unspecified atom stereocenters. The Hall–Kier alpha value is -1.45. The van der Waals surface area contributed by atoms with Crippen molar-refractivity contribution in [3.05, 3.63) is 17.0 Å². The van der Waals surface area contributed by atoms with Gasteiger partial charge in [-0.15, -0.1) is 11.3 Å². The van der Waals surface area contributed by atoms with Gasteiger partial charge in [-0.25, -0.2) is 8.42 Å². The summed E-state index contributed by atoms with van der Waals surface area (Å²) in [6.07, 6.45) is 8.53. The number of likely N-dealkylation sites (tertiary alicyclic amines) is 1. The number of rotatable bonds is 5. The lowest BCUT2D eigenvalue weighted by Crippen LogP contribution is -2.51. The summed E-state index contributed by atoms with van der Waals surface area (Å²) in [4.78, 5) is 28.6. The molecule has 1 aromatic heterocycles. The van der Waals surface area contributed by atoms with Crippen LogP contribution in [0.5, 0.6) is 0 Å². The number of aryl methyl sites for hydroxylation is 1. The zero-order chi connectivity index (χ0) is 22.7. The molecule has 3 heterocycles. The van der Waals surface area contributed by atoms with E-state index in [0.717, 1.165) is 43.4 Å². The average Bonchev–Trinajstić information content (AvgIpc) is 3.27. The molecule has 0 radical (unpaired) electrons. The standard InChI is InChI=1S/C23H35N3O4S2/c1-17-9-10-21(31-17)32(29,30)26-13-5-8-19(16-26)22(27)24-20-11-14-25(15-12-20)23(28)18-6-3-2-4-7-18/h9-10,18-20H,2-8,11-16H2,1H3,(H,24,27). The smallest absolute Gasteiger partial charge is 0.252 e. The monoisotopic (exact) mass is 481 g/mol. The molecular weight excluding hydrogens is 446 g/mol. The van der Waals surface area contributed by atoms with E-state index in [1.807, 2.05) is 17.9 Å². The highest BCUT2D eigenvalue weighted by Crippen LogP contribution is 2.29. The molecule has 3 aliphatic rings. The van der Waals surface area contributed by atoms with Gasteiger partial charge >= 0.3 is 0 Å². The molecular formula is C23H35N3O4S2. The summed E-state index contributed by atoms with van der Waals surface area (Å²) in [5.74, 6) is 0.120. The van der Waals surface area contributed by atoms with E-state index in [4.69, 9.17) is 0 Å². The van der Waals surface area contributed by atoms with Gasteiger partial charge in [0.05, 0.1) is 5.92 Å². The highest BCUT2D eigenvalue weighted by Gasteiger charge is 2.35. The van der Waals surface area contributed by atoms with Crippen LogP contribution in [0.3, 0.4) is 0 Å². The van der Waals surface area contributed by atoms with Gasteiger partial charge in [0.1, 0.15) is 4.21 Å². The van der Waals surface area contributed by atoms with Crippen LogP contribution in [0, 0.1) is 18.8 Å². The fourth-order valence-corrected chi connectivity index (χ4v) is 8.19. The van der Waals surface area contributed by atoms with Crippen molar-refractivity contribution in [1.82, 2.24) is 14.5 Å². The van der Waals surface area contributed by atoms with Gasteiger partial charge in [0.25, 0.3) is 10.0 Å². The molecule has 1 aliphatic carbocycles. The number of amides is 2. The molecule has 9 heteroatoms. The summed E-state index contributed by atoms with van der Waals surface area (Å²) in [5.41, 5.74) is 0. The molecule has 0 spiro atoms. The fraction of sp³-hybridized carbons (Fsp3) is 0.739. The van der Waals surface area contributed by atoms with E-state index in [9.17, 15) is 18.0 Å². The molecule has 1 aromatic rings. The molecule has 4 rings (SSSR count). The van der Waals surface area contributed by atoms with Gasteiger partial charge in [0.15, 0.2) is 0 Å². The lowest BCUT2D eigenvalue weighted by molar-refractivity contribution is -0.137. The zero-order valence-electron chi connectivity index (χ0n) is 18.9. The van der Waals surface area contributed by atoms with Crippen LogP contribution in [-0.2, 0) is 19.6 Å². The molecule has 2 saturated heterocycles. The van der Waals surface area contributed by atoms with Crippen molar-refractivity contribution in [1.29, 1.82) is 0 Å². The van der Waals surface area contributed by atoms with Crippen LogP contribution in [0.25, 0.3) is 0 Å². The minimum atomic E-state index is -3.54. The van der Waals surface area contributed by atoms with E-state index < -0.39 is 10.0 Å². The summed E-state index contributed by atoms with van der Waals surface area (Å²) >= 11 is 1.28. The Morgan fingerprint density at radius 1 is 0.938 bits per heavy atom. The molecule has 32 heavy (non-hydrogen) atoms. The van der Waals surface area contributed by atoms with E-state index >= 15 is 0 Å². The molecule has 7 nitrogen and oxygen atoms in total. The Bertz CT molecular complexity index is 915. The van der Waals surface area contributed by atoms with Crippen LogP contribution in [-0.4, -0.2) is 61.7 Å². The number of carbonyl (C=O) groups excluding carboxylic acids is 2. The Kier molecular flexibility index (Phi) is 7.57. The highest BCUT2D eigenvalue weighted by atomic mass is 32.2. The highest BCUT2D eigenvalue weighted by molar-refractivity contribution is 7.91. The van der Waals surface area contributed by atoms with Crippen LogP contribution < -0.4 is 5.32 Å². The van der Waals surface area contributed by atoms with Gasteiger partial charge in [-0.05, 0) is 57.6 Å². The first-order valence-electron chi connectivity index (χ1n) is 12.0. The minimum absolute atomic E-state index is 0.0516. The fourth-order valence-electron chi connectivity index (χ4n) is 5.22. The second kappa shape index (κ2) is 10.2. The van der Waals surface area contributed by atoms with Crippen LogP contribution in [0.1, 0.15) is 62.7 Å². The third kappa shape index (κ3) is 5.37. The summed E-state index contributed by atoms with van der Waals surface area (Å²) in [6, 6.07) is 3.53. The van der Waals surface area contributed by atoms with E-state index in [1.165, 1.54) is 22.1 Å². The molecule has 1 atom stereocenters. The number of hydrogen-bond donors (Lipinski definition) is 1.